The van der Waals surface area contributed by atoms with Crippen LogP contribution < -0.4 is 0 Å². The van der Waals surface area contributed by atoms with Gasteiger partial charge < -0.3 is 4.74 Å². The van der Waals surface area contributed by atoms with Crippen molar-refractivity contribution in [3.05, 3.63) is 54.5 Å². The third kappa shape index (κ3) is 4.32. The average molecular weight is 433 g/mol. The summed E-state index contributed by atoms with van der Waals surface area (Å²) in [4.78, 5) is 4.53. The predicted octanol–water partition coefficient (Wildman–Crippen LogP) is 1.93. The number of benzene rings is 1. The summed E-state index contributed by atoms with van der Waals surface area (Å²) in [5.41, 5.74) is 0.875. The maximum Gasteiger partial charge on any atom is 0.244 e. The van der Waals surface area contributed by atoms with E-state index in [1.807, 2.05) is 37.3 Å². The van der Waals surface area contributed by atoms with Crippen molar-refractivity contribution in [3.8, 4) is 5.69 Å². The van der Waals surface area contributed by atoms with Crippen LogP contribution in [-0.4, -0.2) is 64.2 Å². The molecule has 0 saturated carbocycles. The van der Waals surface area contributed by atoms with Gasteiger partial charge in [0.15, 0.2) is 5.82 Å². The van der Waals surface area contributed by atoms with E-state index in [0.29, 0.717) is 37.2 Å². The number of hydrogen-bond donors (Lipinski definition) is 0. The minimum atomic E-state index is -3.55. The van der Waals surface area contributed by atoms with E-state index in [0.717, 1.165) is 5.69 Å². The molecule has 3 heterocycles. The number of tetrazole rings is 1. The number of hydrogen-bond acceptors (Lipinski definition) is 8. The number of aromatic nitrogens is 5. The molecule has 29 heavy (non-hydrogen) atoms. The van der Waals surface area contributed by atoms with Crippen molar-refractivity contribution < 1.29 is 13.2 Å². The topological polar surface area (TPSA) is 103 Å². The molecule has 0 bridgehead atoms. The standard InChI is InChI=1S/C18H20N6O3S2/c1-14(18-20-21-22-24(18)15-5-3-2-4-6-15)28-17-8-7-16(13-19-17)29(25,26)23-9-11-27-12-10-23/h2-8,13-14H,9-12H2,1H3/t14-/m0/s1. The maximum atomic E-state index is 12.7. The van der Waals surface area contributed by atoms with Gasteiger partial charge in [-0.3, -0.25) is 0 Å². The zero-order chi connectivity index (χ0) is 20.3. The summed E-state index contributed by atoms with van der Waals surface area (Å²) in [6.07, 6.45) is 1.40. The third-order valence-electron chi connectivity index (χ3n) is 4.47. The lowest BCUT2D eigenvalue weighted by atomic mass is 10.3. The first kappa shape index (κ1) is 20.0. The fourth-order valence-electron chi connectivity index (χ4n) is 2.96. The highest BCUT2D eigenvalue weighted by Gasteiger charge is 2.26. The van der Waals surface area contributed by atoms with E-state index in [-0.39, 0.29) is 10.1 Å². The summed E-state index contributed by atoms with van der Waals surface area (Å²) >= 11 is 1.46. The van der Waals surface area contributed by atoms with Gasteiger partial charge in [-0.25, -0.2) is 13.4 Å². The largest absolute Gasteiger partial charge is 0.379 e. The summed E-state index contributed by atoms with van der Waals surface area (Å²) < 4.78 is 33.7. The third-order valence-corrected chi connectivity index (χ3v) is 7.40. The molecule has 0 amide bonds. The molecule has 0 radical (unpaired) electrons. The minimum absolute atomic E-state index is 0.0839. The van der Waals surface area contributed by atoms with Gasteiger partial charge in [0.05, 0.1) is 29.2 Å². The highest BCUT2D eigenvalue weighted by atomic mass is 32.2. The molecule has 9 nitrogen and oxygen atoms in total. The summed E-state index contributed by atoms with van der Waals surface area (Å²) in [7, 11) is -3.55. The lowest BCUT2D eigenvalue weighted by Gasteiger charge is -2.25. The number of pyridine rings is 1. The van der Waals surface area contributed by atoms with E-state index >= 15 is 0 Å². The molecule has 11 heteroatoms. The second-order valence-corrected chi connectivity index (χ2v) is 9.69. The van der Waals surface area contributed by atoms with E-state index in [4.69, 9.17) is 4.74 Å². The number of rotatable bonds is 6. The summed E-state index contributed by atoms with van der Waals surface area (Å²) in [5.74, 6) is 0.688. The van der Waals surface area contributed by atoms with Gasteiger partial charge in [-0.1, -0.05) is 30.0 Å². The van der Waals surface area contributed by atoms with Gasteiger partial charge >= 0.3 is 0 Å². The van der Waals surface area contributed by atoms with Crippen LogP contribution in [0.3, 0.4) is 0 Å². The molecule has 152 valence electrons. The molecule has 1 aliphatic heterocycles. The Kier molecular flexibility index (Phi) is 5.90. The van der Waals surface area contributed by atoms with E-state index < -0.39 is 10.0 Å². The second-order valence-electron chi connectivity index (χ2n) is 6.39. The summed E-state index contributed by atoms with van der Waals surface area (Å²) in [6.45, 7) is 3.52. The van der Waals surface area contributed by atoms with Crippen LogP contribution in [0.2, 0.25) is 0 Å². The Bertz CT molecular complexity index is 1050. The number of sulfonamides is 1. The highest BCUT2D eigenvalue weighted by Crippen LogP contribution is 2.33. The molecule has 0 spiro atoms. The van der Waals surface area contributed by atoms with Crippen LogP contribution >= 0.6 is 11.8 Å². The van der Waals surface area contributed by atoms with Crippen molar-refractivity contribution in [2.75, 3.05) is 26.3 Å². The molecule has 4 rings (SSSR count). The zero-order valence-electron chi connectivity index (χ0n) is 15.7. The second kappa shape index (κ2) is 8.57. The Labute approximate surface area is 173 Å². The highest BCUT2D eigenvalue weighted by molar-refractivity contribution is 7.99. The first-order valence-corrected chi connectivity index (χ1v) is 11.4. The fraction of sp³-hybridized carbons (Fsp3) is 0.333. The smallest absolute Gasteiger partial charge is 0.244 e. The Hall–Kier alpha value is -2.34. The number of nitrogens with zero attached hydrogens (tertiary/aromatic N) is 6. The lowest BCUT2D eigenvalue weighted by molar-refractivity contribution is 0.0730. The predicted molar refractivity (Wildman–Crippen MR) is 107 cm³/mol. The van der Waals surface area contributed by atoms with E-state index in [9.17, 15) is 8.42 Å². The van der Waals surface area contributed by atoms with Gasteiger partial charge in [0.1, 0.15) is 4.90 Å². The molecule has 1 aromatic carbocycles. The van der Waals surface area contributed by atoms with Crippen LogP contribution in [0.1, 0.15) is 18.0 Å². The SMILES string of the molecule is C[C@H](Sc1ccc(S(=O)(=O)N2CCOCC2)cn1)c1nnnn1-c1ccccc1. The van der Waals surface area contributed by atoms with Crippen molar-refractivity contribution in [1.82, 2.24) is 29.5 Å². The molecule has 0 unspecified atom stereocenters. The van der Waals surface area contributed by atoms with Crippen molar-refractivity contribution in [3.63, 3.8) is 0 Å². The lowest BCUT2D eigenvalue weighted by Crippen LogP contribution is -2.40. The molecule has 1 aliphatic rings. The maximum absolute atomic E-state index is 12.7. The first-order chi connectivity index (χ1) is 14.1. The Balaban J connectivity index is 1.49. The van der Waals surface area contributed by atoms with Crippen molar-refractivity contribution in [1.29, 1.82) is 0 Å². The Morgan fingerprint density at radius 1 is 1.10 bits per heavy atom. The van der Waals surface area contributed by atoms with E-state index in [1.54, 1.807) is 16.8 Å². The van der Waals surface area contributed by atoms with Crippen molar-refractivity contribution in [2.45, 2.75) is 22.1 Å². The van der Waals surface area contributed by atoms with Gasteiger partial charge in [-0.15, -0.1) is 5.10 Å². The monoisotopic (exact) mass is 432 g/mol. The molecule has 1 fully saturated rings. The first-order valence-electron chi connectivity index (χ1n) is 9.10. The minimum Gasteiger partial charge on any atom is -0.379 e. The zero-order valence-corrected chi connectivity index (χ0v) is 17.4. The molecule has 1 saturated heterocycles. The Morgan fingerprint density at radius 2 is 1.86 bits per heavy atom. The molecule has 1 atom stereocenters. The van der Waals surface area contributed by atoms with Crippen LogP contribution in [0.5, 0.6) is 0 Å². The van der Waals surface area contributed by atoms with E-state index in [1.165, 1.54) is 22.3 Å². The van der Waals surface area contributed by atoms with E-state index in [2.05, 4.69) is 20.5 Å². The summed E-state index contributed by atoms with van der Waals surface area (Å²) in [5, 5.41) is 12.6. The van der Waals surface area contributed by atoms with Crippen LogP contribution in [0.15, 0.2) is 58.6 Å². The number of para-hydroxylation sites is 1. The van der Waals surface area contributed by atoms with Gasteiger partial charge in [-0.05, 0) is 41.6 Å². The van der Waals surface area contributed by atoms with Crippen LogP contribution in [0.4, 0.5) is 0 Å². The molecule has 3 aromatic rings. The molecular formula is C18H20N6O3S2. The van der Waals surface area contributed by atoms with Gasteiger partial charge in [0.2, 0.25) is 10.0 Å². The number of thioether (sulfide) groups is 1. The number of ether oxygens (including phenoxy) is 1. The van der Waals surface area contributed by atoms with Crippen molar-refractivity contribution in [2.24, 2.45) is 0 Å². The van der Waals surface area contributed by atoms with Crippen molar-refractivity contribution >= 4 is 21.8 Å². The molecule has 0 N–H and O–H groups in total. The average Bonchev–Trinajstić information content (AvgIpc) is 3.26. The molecular weight excluding hydrogens is 412 g/mol. The quantitative estimate of drug-likeness (QED) is 0.545. The van der Waals surface area contributed by atoms with Crippen LogP contribution in [-0.2, 0) is 14.8 Å². The normalized spacial score (nSPS) is 16.6. The molecule has 0 aliphatic carbocycles. The number of morpholine rings is 1. The summed E-state index contributed by atoms with van der Waals surface area (Å²) in [6, 6.07) is 12.9. The van der Waals surface area contributed by atoms with Gasteiger partial charge in [-0.2, -0.15) is 8.99 Å². The van der Waals surface area contributed by atoms with Gasteiger partial charge in [0, 0.05) is 19.3 Å². The Morgan fingerprint density at radius 3 is 2.55 bits per heavy atom. The molecule has 2 aromatic heterocycles. The fourth-order valence-corrected chi connectivity index (χ4v) is 5.19. The van der Waals surface area contributed by atoms with Gasteiger partial charge in [0.25, 0.3) is 0 Å². The van der Waals surface area contributed by atoms with Crippen LogP contribution in [0, 0.1) is 0 Å². The van der Waals surface area contributed by atoms with Crippen LogP contribution in [0.25, 0.3) is 5.69 Å².